The third kappa shape index (κ3) is 9.40. The van der Waals surface area contributed by atoms with Crippen molar-refractivity contribution in [3.63, 3.8) is 0 Å². The van der Waals surface area contributed by atoms with Crippen LogP contribution in [0, 0.1) is 0 Å². The lowest BCUT2D eigenvalue weighted by Gasteiger charge is -2.24. The predicted octanol–water partition coefficient (Wildman–Crippen LogP) is 0.624. The molecule has 5 N–H and O–H groups in total. The summed E-state index contributed by atoms with van der Waals surface area (Å²) in [7, 11) is 0. The number of aliphatic hydroxyl groups is 2. The van der Waals surface area contributed by atoms with Gasteiger partial charge in [0.25, 0.3) is 0 Å². The van der Waals surface area contributed by atoms with Crippen molar-refractivity contribution in [3.05, 3.63) is 24.7 Å². The third-order valence-corrected chi connectivity index (χ3v) is 2.04. The van der Waals surface area contributed by atoms with Crippen molar-refractivity contribution in [2.75, 3.05) is 19.6 Å². The second kappa shape index (κ2) is 7.70. The van der Waals surface area contributed by atoms with Gasteiger partial charge in [-0.1, -0.05) is 13.2 Å². The zero-order valence-electron chi connectivity index (χ0n) is 9.80. The van der Waals surface area contributed by atoms with Crippen molar-refractivity contribution in [2.24, 2.45) is 5.73 Å². The van der Waals surface area contributed by atoms with Crippen molar-refractivity contribution >= 4 is 5.97 Å². The van der Waals surface area contributed by atoms with E-state index in [1.807, 2.05) is 0 Å². The van der Waals surface area contributed by atoms with Crippen molar-refractivity contribution < 1.29 is 20.1 Å². The van der Waals surface area contributed by atoms with E-state index in [1.54, 1.807) is 4.90 Å². The number of aliphatic hydroxyl groups excluding tert-OH is 2. The first-order valence-corrected chi connectivity index (χ1v) is 5.24. The van der Waals surface area contributed by atoms with Crippen molar-refractivity contribution in [2.45, 2.75) is 18.9 Å². The van der Waals surface area contributed by atoms with Crippen LogP contribution < -0.4 is 5.73 Å². The number of carbonyl (C=O) groups is 1. The summed E-state index contributed by atoms with van der Waals surface area (Å²) in [5.41, 5.74) is 5.74. The van der Waals surface area contributed by atoms with Crippen molar-refractivity contribution in [1.29, 1.82) is 0 Å². The van der Waals surface area contributed by atoms with Crippen LogP contribution in [0.5, 0.6) is 0 Å². The Morgan fingerprint density at radius 3 is 2.24 bits per heavy atom. The molecule has 0 aromatic rings. The van der Waals surface area contributed by atoms with E-state index < -0.39 is 5.97 Å². The van der Waals surface area contributed by atoms with Gasteiger partial charge in [0.15, 0.2) is 0 Å². The first-order valence-electron chi connectivity index (χ1n) is 5.24. The Morgan fingerprint density at radius 2 is 1.82 bits per heavy atom. The van der Waals surface area contributed by atoms with E-state index in [4.69, 9.17) is 21.1 Å². The molecule has 0 aromatic carbocycles. The minimum atomic E-state index is -0.918. The van der Waals surface area contributed by atoms with E-state index in [1.165, 1.54) is 0 Å². The van der Waals surface area contributed by atoms with E-state index in [0.29, 0.717) is 6.54 Å². The Hall–Kier alpha value is -1.53. The monoisotopic (exact) mass is 244 g/mol. The molecule has 0 aliphatic heterocycles. The van der Waals surface area contributed by atoms with Gasteiger partial charge in [0.1, 0.15) is 0 Å². The Kier molecular flexibility index (Phi) is 7.00. The van der Waals surface area contributed by atoms with Gasteiger partial charge in [-0.3, -0.25) is 9.69 Å². The van der Waals surface area contributed by atoms with Gasteiger partial charge in [-0.2, -0.15) is 0 Å². The van der Waals surface area contributed by atoms with E-state index >= 15 is 0 Å². The number of nitrogens with two attached hydrogens (primary N) is 1. The lowest BCUT2D eigenvalue weighted by atomic mass is 10.2. The summed E-state index contributed by atoms with van der Waals surface area (Å²) in [6.07, 6.45) is 0.196. The SMILES string of the molecule is C=C(O)CC(N)CN(CCC(=O)O)CC(=C)O. The van der Waals surface area contributed by atoms with Gasteiger partial charge in [-0.15, -0.1) is 0 Å². The molecule has 0 aliphatic rings. The van der Waals surface area contributed by atoms with Gasteiger partial charge >= 0.3 is 5.97 Å². The Bertz CT molecular complexity index is 291. The highest BCUT2D eigenvalue weighted by molar-refractivity contribution is 5.66. The van der Waals surface area contributed by atoms with Crippen molar-refractivity contribution in [3.8, 4) is 0 Å². The molecule has 0 aliphatic carbocycles. The molecule has 1 atom stereocenters. The zero-order valence-corrected chi connectivity index (χ0v) is 9.80. The summed E-state index contributed by atoms with van der Waals surface area (Å²) in [6.45, 7) is 7.47. The van der Waals surface area contributed by atoms with E-state index in [9.17, 15) is 4.79 Å². The molecule has 0 saturated carbocycles. The molecule has 0 heterocycles. The minimum absolute atomic E-state index is 0.0153. The third-order valence-electron chi connectivity index (χ3n) is 2.04. The molecule has 6 heteroatoms. The fourth-order valence-corrected chi connectivity index (χ4v) is 1.45. The highest BCUT2D eigenvalue weighted by Gasteiger charge is 2.13. The highest BCUT2D eigenvalue weighted by Crippen LogP contribution is 2.03. The number of hydrogen-bond donors (Lipinski definition) is 4. The maximum Gasteiger partial charge on any atom is 0.304 e. The average molecular weight is 244 g/mol. The van der Waals surface area contributed by atoms with Crippen LogP contribution in [0.25, 0.3) is 0 Å². The van der Waals surface area contributed by atoms with E-state index in [-0.39, 0.29) is 43.5 Å². The summed E-state index contributed by atoms with van der Waals surface area (Å²) in [6, 6.07) is -0.361. The predicted molar refractivity (Wildman–Crippen MR) is 64.8 cm³/mol. The highest BCUT2D eigenvalue weighted by atomic mass is 16.4. The number of carboxylic acid groups (broad SMARTS) is 1. The fraction of sp³-hybridized carbons (Fsp3) is 0.545. The molecule has 17 heavy (non-hydrogen) atoms. The molecule has 0 aromatic heterocycles. The summed E-state index contributed by atoms with van der Waals surface area (Å²) in [4.78, 5) is 12.1. The maximum atomic E-state index is 10.5. The van der Waals surface area contributed by atoms with Crippen LogP contribution >= 0.6 is 0 Å². The zero-order chi connectivity index (χ0) is 13.4. The van der Waals surface area contributed by atoms with Crippen molar-refractivity contribution in [1.82, 2.24) is 4.90 Å². The second-order valence-corrected chi connectivity index (χ2v) is 3.98. The molecule has 0 spiro atoms. The second-order valence-electron chi connectivity index (χ2n) is 3.98. The number of carboxylic acids is 1. The molecule has 1 unspecified atom stereocenters. The van der Waals surface area contributed by atoms with Crippen LogP contribution in [0.4, 0.5) is 0 Å². The van der Waals surface area contributed by atoms with E-state index in [2.05, 4.69) is 13.2 Å². The van der Waals surface area contributed by atoms with Gasteiger partial charge in [0.05, 0.1) is 24.5 Å². The van der Waals surface area contributed by atoms with Crippen LogP contribution in [-0.2, 0) is 4.79 Å². The molecule has 0 bridgehead atoms. The quantitative estimate of drug-likeness (QED) is 0.443. The maximum absolute atomic E-state index is 10.5. The largest absolute Gasteiger partial charge is 0.513 e. The molecule has 0 radical (unpaired) electrons. The molecular weight excluding hydrogens is 224 g/mol. The number of aliphatic carboxylic acids is 1. The summed E-state index contributed by atoms with van der Waals surface area (Å²) in [5, 5.41) is 26.7. The lowest BCUT2D eigenvalue weighted by Crippen LogP contribution is -2.39. The minimum Gasteiger partial charge on any atom is -0.513 e. The first kappa shape index (κ1) is 15.5. The molecule has 0 fully saturated rings. The van der Waals surface area contributed by atoms with Gasteiger partial charge in [0.2, 0.25) is 0 Å². The molecular formula is C11H20N2O4. The molecule has 98 valence electrons. The summed E-state index contributed by atoms with van der Waals surface area (Å²) >= 11 is 0. The summed E-state index contributed by atoms with van der Waals surface area (Å²) in [5.74, 6) is -0.984. The molecule has 0 amide bonds. The van der Waals surface area contributed by atoms with Crippen LogP contribution in [-0.4, -0.2) is 51.9 Å². The van der Waals surface area contributed by atoms with Crippen LogP contribution in [0.15, 0.2) is 24.7 Å². The van der Waals surface area contributed by atoms with Crippen LogP contribution in [0.1, 0.15) is 12.8 Å². The molecule has 6 nitrogen and oxygen atoms in total. The Morgan fingerprint density at radius 1 is 1.24 bits per heavy atom. The Labute approximate surface area is 101 Å². The van der Waals surface area contributed by atoms with E-state index in [0.717, 1.165) is 0 Å². The molecule has 0 saturated heterocycles. The normalized spacial score (nSPS) is 12.4. The van der Waals surface area contributed by atoms with Gasteiger partial charge in [-0.05, 0) is 0 Å². The standard InChI is InChI=1S/C11H20N2O4/c1-8(14)5-10(12)7-13(6-9(2)15)4-3-11(16)17/h10,14-15H,1-7,12H2,(H,16,17). The first-order chi connectivity index (χ1) is 7.81. The average Bonchev–Trinajstić information content (AvgIpc) is 2.11. The number of hydrogen-bond acceptors (Lipinski definition) is 5. The number of nitrogens with zero attached hydrogens (tertiary/aromatic N) is 1. The Balaban J connectivity index is 4.21. The lowest BCUT2D eigenvalue weighted by molar-refractivity contribution is -0.137. The fourth-order valence-electron chi connectivity index (χ4n) is 1.45. The van der Waals surface area contributed by atoms with Gasteiger partial charge < -0.3 is 21.1 Å². The summed E-state index contributed by atoms with van der Waals surface area (Å²) < 4.78 is 0. The smallest absolute Gasteiger partial charge is 0.304 e. The van der Waals surface area contributed by atoms with Gasteiger partial charge in [-0.25, -0.2) is 0 Å². The van der Waals surface area contributed by atoms with Crippen LogP contribution in [0.2, 0.25) is 0 Å². The van der Waals surface area contributed by atoms with Gasteiger partial charge in [0, 0.05) is 25.6 Å². The number of rotatable bonds is 9. The topological polar surface area (TPSA) is 107 Å². The van der Waals surface area contributed by atoms with Crippen LogP contribution in [0.3, 0.4) is 0 Å². The molecule has 0 rings (SSSR count).